The molecule has 7 nitrogen and oxygen atoms in total. The van der Waals surface area contributed by atoms with Crippen LogP contribution in [0.5, 0.6) is 0 Å². The van der Waals surface area contributed by atoms with Crippen molar-refractivity contribution in [1.82, 2.24) is 4.90 Å². The molecular weight excluding hydrogens is 404 g/mol. The molecule has 0 radical (unpaired) electrons. The van der Waals surface area contributed by atoms with Crippen LogP contribution in [0, 0.1) is 11.6 Å². The van der Waals surface area contributed by atoms with E-state index in [4.69, 9.17) is 0 Å². The van der Waals surface area contributed by atoms with Crippen LogP contribution in [0.1, 0.15) is 17.3 Å². The van der Waals surface area contributed by atoms with Crippen molar-refractivity contribution in [3.05, 3.63) is 53.6 Å². The van der Waals surface area contributed by atoms with Crippen molar-refractivity contribution in [2.45, 2.75) is 11.8 Å². The van der Waals surface area contributed by atoms with Gasteiger partial charge in [0.2, 0.25) is 0 Å². The Morgan fingerprint density at radius 2 is 1.79 bits per heavy atom. The van der Waals surface area contributed by atoms with E-state index in [1.54, 1.807) is 0 Å². The highest BCUT2D eigenvalue weighted by Gasteiger charge is 2.23. The maximum absolute atomic E-state index is 14.0. The summed E-state index contributed by atoms with van der Waals surface area (Å²) in [6.45, 7) is 3.59. The zero-order valence-corrected chi connectivity index (χ0v) is 17.1. The largest absolute Gasteiger partial charge is 0.478 e. The van der Waals surface area contributed by atoms with Crippen LogP contribution in [0.15, 0.2) is 41.3 Å². The van der Waals surface area contributed by atoms with Crippen LogP contribution in [0.2, 0.25) is 0 Å². The maximum atomic E-state index is 14.0. The molecule has 0 spiro atoms. The van der Waals surface area contributed by atoms with Crippen molar-refractivity contribution < 1.29 is 27.1 Å². The van der Waals surface area contributed by atoms with E-state index >= 15 is 0 Å². The fourth-order valence-corrected chi connectivity index (χ4v) is 3.83. The van der Waals surface area contributed by atoms with Gasteiger partial charge in [0.15, 0.2) is 0 Å². The zero-order chi connectivity index (χ0) is 21.8. The molecule has 0 unspecified atom stereocenters. The third-order valence-corrected chi connectivity index (χ3v) is 5.59. The molecular formula is C19H23F2N3O4S. The Balaban J connectivity index is 2.52. The third kappa shape index (κ3) is 5.64. The Morgan fingerprint density at radius 3 is 2.38 bits per heavy atom. The van der Waals surface area contributed by atoms with Crippen LogP contribution in [-0.2, 0) is 10.0 Å². The monoisotopic (exact) mass is 427 g/mol. The lowest BCUT2D eigenvalue weighted by Crippen LogP contribution is -2.32. The minimum absolute atomic E-state index is 0.0332. The predicted molar refractivity (Wildman–Crippen MR) is 107 cm³/mol. The zero-order valence-electron chi connectivity index (χ0n) is 16.3. The number of carbonyl (C=O) groups is 1. The topological polar surface area (TPSA) is 89.9 Å². The first kappa shape index (κ1) is 22.6. The summed E-state index contributed by atoms with van der Waals surface area (Å²) in [6, 6.07) is 6.10. The average molecular weight is 427 g/mol. The molecule has 2 rings (SSSR count). The minimum atomic E-state index is -4.50. The fourth-order valence-electron chi connectivity index (χ4n) is 2.68. The summed E-state index contributed by atoms with van der Waals surface area (Å²) >= 11 is 0. The van der Waals surface area contributed by atoms with E-state index in [1.807, 2.05) is 30.8 Å². The quantitative estimate of drug-likeness (QED) is 0.640. The van der Waals surface area contributed by atoms with Gasteiger partial charge >= 0.3 is 5.97 Å². The van der Waals surface area contributed by atoms with Crippen molar-refractivity contribution >= 4 is 27.4 Å². The first-order valence-electron chi connectivity index (χ1n) is 8.80. The van der Waals surface area contributed by atoms with Gasteiger partial charge in [0.1, 0.15) is 16.5 Å². The molecule has 158 valence electrons. The van der Waals surface area contributed by atoms with E-state index in [0.717, 1.165) is 12.1 Å². The number of likely N-dealkylation sites (N-methyl/N-ethyl adjacent to an activating group) is 2. The molecule has 0 saturated heterocycles. The summed E-state index contributed by atoms with van der Waals surface area (Å²) in [7, 11) is -0.726. The smallest absolute Gasteiger partial charge is 0.335 e. The van der Waals surface area contributed by atoms with Crippen LogP contribution in [0.4, 0.5) is 20.2 Å². The number of hydrogen-bond donors (Lipinski definition) is 2. The number of nitrogens with zero attached hydrogens (tertiary/aromatic N) is 2. The number of anilines is 2. The molecule has 2 aromatic carbocycles. The van der Waals surface area contributed by atoms with Gasteiger partial charge < -0.3 is 14.9 Å². The number of aromatic carboxylic acids is 1. The number of hydrogen-bond acceptors (Lipinski definition) is 5. The molecule has 2 aromatic rings. The van der Waals surface area contributed by atoms with Crippen LogP contribution < -0.4 is 9.62 Å². The number of rotatable bonds is 9. The molecule has 0 heterocycles. The summed E-state index contributed by atoms with van der Waals surface area (Å²) in [5, 5.41) is 9.26. The van der Waals surface area contributed by atoms with Gasteiger partial charge in [0, 0.05) is 19.6 Å². The molecule has 0 aromatic heterocycles. The van der Waals surface area contributed by atoms with E-state index in [1.165, 1.54) is 12.1 Å². The fraction of sp³-hybridized carbons (Fsp3) is 0.316. The molecule has 0 atom stereocenters. The number of carboxylic acids is 1. The molecule has 0 bridgehead atoms. The second kappa shape index (κ2) is 9.19. The number of benzene rings is 2. The number of carboxylic acid groups (broad SMARTS) is 1. The van der Waals surface area contributed by atoms with Crippen molar-refractivity contribution in [3.63, 3.8) is 0 Å². The third-order valence-electron chi connectivity index (χ3n) is 4.21. The van der Waals surface area contributed by atoms with Gasteiger partial charge in [-0.1, -0.05) is 0 Å². The first-order valence-corrected chi connectivity index (χ1v) is 10.3. The molecule has 10 heteroatoms. The van der Waals surface area contributed by atoms with Crippen molar-refractivity contribution in [2.75, 3.05) is 43.4 Å². The normalized spacial score (nSPS) is 11.5. The molecule has 29 heavy (non-hydrogen) atoms. The van der Waals surface area contributed by atoms with E-state index in [9.17, 15) is 27.1 Å². The van der Waals surface area contributed by atoms with E-state index in [-0.39, 0.29) is 11.3 Å². The van der Waals surface area contributed by atoms with Gasteiger partial charge in [-0.25, -0.2) is 22.0 Å². The lowest BCUT2D eigenvalue weighted by atomic mass is 10.1. The van der Waals surface area contributed by atoms with E-state index in [0.29, 0.717) is 37.5 Å². The lowest BCUT2D eigenvalue weighted by molar-refractivity contribution is 0.0697. The van der Waals surface area contributed by atoms with Crippen molar-refractivity contribution in [1.29, 1.82) is 0 Å². The second-order valence-corrected chi connectivity index (χ2v) is 8.25. The van der Waals surface area contributed by atoms with Gasteiger partial charge in [0.25, 0.3) is 10.0 Å². The summed E-state index contributed by atoms with van der Waals surface area (Å²) < 4.78 is 55.1. The number of halogens is 2. The Bertz CT molecular complexity index is 997. The molecule has 0 amide bonds. The van der Waals surface area contributed by atoms with Crippen LogP contribution >= 0.6 is 0 Å². The van der Waals surface area contributed by atoms with Crippen LogP contribution in [0.25, 0.3) is 0 Å². The molecule has 0 saturated carbocycles. The first-order chi connectivity index (χ1) is 13.5. The van der Waals surface area contributed by atoms with Crippen LogP contribution in [-0.4, -0.2) is 58.1 Å². The Labute approximate surface area is 168 Å². The van der Waals surface area contributed by atoms with E-state index < -0.39 is 32.5 Å². The highest BCUT2D eigenvalue weighted by atomic mass is 32.2. The summed E-state index contributed by atoms with van der Waals surface area (Å²) in [6.07, 6.45) is 0. The minimum Gasteiger partial charge on any atom is -0.478 e. The molecule has 0 fully saturated rings. The summed E-state index contributed by atoms with van der Waals surface area (Å²) in [5.41, 5.74) is 0.253. The summed E-state index contributed by atoms with van der Waals surface area (Å²) in [4.78, 5) is 14.3. The Hall–Kier alpha value is -2.72. The highest BCUT2D eigenvalue weighted by molar-refractivity contribution is 7.92. The van der Waals surface area contributed by atoms with Gasteiger partial charge in [-0.2, -0.15) is 0 Å². The van der Waals surface area contributed by atoms with Gasteiger partial charge in [-0.3, -0.25) is 4.72 Å². The number of sulfonamides is 1. The molecule has 2 N–H and O–H groups in total. The number of nitrogens with one attached hydrogen (secondary N) is 1. The lowest BCUT2D eigenvalue weighted by Gasteiger charge is -2.27. The standard InChI is InChI=1S/C19H23F2N3O4S/c1-4-24(10-9-23(2)3)17-8-5-13(19(25)26)11-16(17)22-29(27,28)18-12-14(20)6-7-15(18)21/h5-8,11-12,22H,4,9-10H2,1-3H3,(H,25,26). The average Bonchev–Trinajstić information content (AvgIpc) is 2.64. The Morgan fingerprint density at radius 1 is 1.10 bits per heavy atom. The van der Waals surface area contributed by atoms with Gasteiger partial charge in [-0.05, 0) is 57.4 Å². The molecule has 0 aliphatic rings. The van der Waals surface area contributed by atoms with Crippen LogP contribution in [0.3, 0.4) is 0 Å². The summed E-state index contributed by atoms with van der Waals surface area (Å²) in [5.74, 6) is -3.27. The van der Waals surface area contributed by atoms with E-state index in [2.05, 4.69) is 4.72 Å². The highest BCUT2D eigenvalue weighted by Crippen LogP contribution is 2.30. The molecule has 0 aliphatic carbocycles. The van der Waals surface area contributed by atoms with Gasteiger partial charge in [0.05, 0.1) is 16.9 Å². The molecule has 0 aliphatic heterocycles. The SMILES string of the molecule is CCN(CCN(C)C)c1ccc(C(=O)O)cc1NS(=O)(=O)c1cc(F)ccc1F. The van der Waals surface area contributed by atoms with Crippen molar-refractivity contribution in [3.8, 4) is 0 Å². The second-order valence-electron chi connectivity index (χ2n) is 6.60. The van der Waals surface area contributed by atoms with Crippen molar-refractivity contribution in [2.24, 2.45) is 0 Å². The van der Waals surface area contributed by atoms with Gasteiger partial charge in [-0.15, -0.1) is 0 Å². The Kier molecular flexibility index (Phi) is 7.15. The maximum Gasteiger partial charge on any atom is 0.335 e. The predicted octanol–water partition coefficient (Wildman–Crippen LogP) is 2.85.